The number of aliphatic imine (C=N–C) groups is 1. The minimum atomic E-state index is -0.433. The fraction of sp³-hybridized carbons (Fsp3) is 0.250. The molecule has 0 aliphatic carbocycles. The molecule has 0 radical (unpaired) electrons. The van der Waals surface area contributed by atoms with Crippen molar-refractivity contribution in [2.24, 2.45) is 4.99 Å². The number of nitrogens with zero attached hydrogens (tertiary/aromatic N) is 5. The number of likely N-dealkylation sites (N-methyl/N-ethyl adjacent to an activating group) is 2. The van der Waals surface area contributed by atoms with Gasteiger partial charge in [-0.25, -0.2) is 4.99 Å². The van der Waals surface area contributed by atoms with Gasteiger partial charge in [0.1, 0.15) is 5.69 Å². The van der Waals surface area contributed by atoms with Gasteiger partial charge in [0.15, 0.2) is 0 Å². The molecular formula is C24H27N5O3. The topological polar surface area (TPSA) is 84.1 Å². The van der Waals surface area contributed by atoms with Gasteiger partial charge in [0.25, 0.3) is 0 Å². The second kappa shape index (κ2) is 10.5. The van der Waals surface area contributed by atoms with Crippen LogP contribution >= 0.6 is 0 Å². The molecule has 0 bridgehead atoms. The van der Waals surface area contributed by atoms with Crippen LogP contribution < -0.4 is 9.64 Å². The summed E-state index contributed by atoms with van der Waals surface area (Å²) in [4.78, 5) is 24.5. The molecule has 0 unspecified atom stereocenters. The van der Waals surface area contributed by atoms with E-state index in [0.717, 1.165) is 17.7 Å². The van der Waals surface area contributed by atoms with Crippen molar-refractivity contribution in [3.05, 3.63) is 88.0 Å². The van der Waals surface area contributed by atoms with Gasteiger partial charge in [-0.3, -0.25) is 10.1 Å². The van der Waals surface area contributed by atoms with Gasteiger partial charge >= 0.3 is 5.69 Å². The Morgan fingerprint density at radius 2 is 1.56 bits per heavy atom. The van der Waals surface area contributed by atoms with Gasteiger partial charge < -0.3 is 14.5 Å². The van der Waals surface area contributed by atoms with E-state index < -0.39 is 4.92 Å². The highest BCUT2D eigenvalue weighted by Gasteiger charge is 2.24. The van der Waals surface area contributed by atoms with Gasteiger partial charge in [-0.05, 0) is 14.1 Å². The van der Waals surface area contributed by atoms with E-state index in [9.17, 15) is 10.1 Å². The number of hydrogen-bond donors (Lipinski definition) is 0. The first-order valence-electron chi connectivity index (χ1n) is 10.2. The zero-order valence-corrected chi connectivity index (χ0v) is 18.7. The van der Waals surface area contributed by atoms with Crippen molar-refractivity contribution in [1.82, 2.24) is 9.88 Å². The lowest BCUT2D eigenvalue weighted by Gasteiger charge is -2.21. The van der Waals surface area contributed by atoms with Gasteiger partial charge in [0.05, 0.1) is 23.8 Å². The Hall–Kier alpha value is -3.78. The Morgan fingerprint density at radius 3 is 2.03 bits per heavy atom. The summed E-state index contributed by atoms with van der Waals surface area (Å²) in [5.41, 5.74) is 2.62. The van der Waals surface area contributed by atoms with Gasteiger partial charge in [-0.2, -0.15) is 4.98 Å². The Bertz CT molecular complexity index is 1040. The van der Waals surface area contributed by atoms with E-state index in [1.54, 1.807) is 11.9 Å². The molecule has 1 aromatic heterocycles. The van der Waals surface area contributed by atoms with E-state index in [4.69, 9.17) is 9.73 Å². The summed E-state index contributed by atoms with van der Waals surface area (Å²) >= 11 is 0. The molecule has 2 aromatic carbocycles. The predicted octanol–water partition coefficient (Wildman–Crippen LogP) is 4.17. The van der Waals surface area contributed by atoms with E-state index >= 15 is 0 Å². The predicted molar refractivity (Wildman–Crippen MR) is 127 cm³/mol. The van der Waals surface area contributed by atoms with Crippen LogP contribution in [0.15, 0.2) is 71.7 Å². The summed E-state index contributed by atoms with van der Waals surface area (Å²) in [6.45, 7) is 1.30. The highest BCUT2D eigenvalue weighted by atomic mass is 16.6. The van der Waals surface area contributed by atoms with Crippen molar-refractivity contribution in [2.75, 3.05) is 46.2 Å². The largest absolute Gasteiger partial charge is 0.479 e. The first-order chi connectivity index (χ1) is 15.4. The fourth-order valence-electron chi connectivity index (χ4n) is 3.18. The van der Waals surface area contributed by atoms with E-state index in [-0.39, 0.29) is 17.4 Å². The Balaban J connectivity index is 2.15. The minimum Gasteiger partial charge on any atom is -0.479 e. The first-order valence-corrected chi connectivity index (χ1v) is 10.2. The second-order valence-corrected chi connectivity index (χ2v) is 7.53. The van der Waals surface area contributed by atoms with Crippen molar-refractivity contribution in [3.8, 4) is 5.88 Å². The smallest absolute Gasteiger partial charge is 0.314 e. The van der Waals surface area contributed by atoms with E-state index in [1.165, 1.54) is 13.2 Å². The molecule has 32 heavy (non-hydrogen) atoms. The summed E-state index contributed by atoms with van der Waals surface area (Å²) < 4.78 is 5.49. The zero-order valence-electron chi connectivity index (χ0n) is 18.7. The molecule has 8 nitrogen and oxygen atoms in total. The molecule has 0 fully saturated rings. The van der Waals surface area contributed by atoms with Crippen molar-refractivity contribution >= 4 is 22.9 Å². The van der Waals surface area contributed by atoms with Crippen LogP contribution in [0.2, 0.25) is 0 Å². The third-order valence-corrected chi connectivity index (χ3v) is 4.89. The molecule has 0 aliphatic heterocycles. The molecule has 1 heterocycles. The number of ether oxygens (including phenoxy) is 1. The first kappa shape index (κ1) is 22.9. The number of rotatable bonds is 9. The molecular weight excluding hydrogens is 406 g/mol. The highest BCUT2D eigenvalue weighted by molar-refractivity contribution is 6.14. The van der Waals surface area contributed by atoms with Crippen molar-refractivity contribution in [1.29, 1.82) is 0 Å². The van der Waals surface area contributed by atoms with Gasteiger partial charge in [-0.1, -0.05) is 60.7 Å². The lowest BCUT2D eigenvalue weighted by Crippen LogP contribution is -2.29. The molecule has 0 atom stereocenters. The number of hydrogen-bond acceptors (Lipinski definition) is 7. The molecule has 0 amide bonds. The standard InChI is InChI=1S/C24H27N5O3/c1-27(2)15-16-28(3)23-21(29(30)31)17-20(24(26-23)32-4)25-22(18-11-7-5-8-12-18)19-13-9-6-10-14-19/h5-14,17H,15-16H2,1-4H3. The molecule has 0 spiro atoms. The lowest BCUT2D eigenvalue weighted by molar-refractivity contribution is -0.384. The lowest BCUT2D eigenvalue weighted by atomic mass is 10.0. The minimum absolute atomic E-state index is 0.119. The molecule has 0 saturated heterocycles. The van der Waals surface area contributed by atoms with E-state index in [1.807, 2.05) is 79.7 Å². The summed E-state index contributed by atoms with van der Waals surface area (Å²) in [7, 11) is 7.16. The SMILES string of the molecule is COc1nc(N(C)CCN(C)C)c([N+](=O)[O-])cc1N=C(c1ccccc1)c1ccccc1. The highest BCUT2D eigenvalue weighted by Crippen LogP contribution is 2.37. The third kappa shape index (κ3) is 5.47. The average molecular weight is 434 g/mol. The van der Waals surface area contributed by atoms with Crippen LogP contribution in [-0.4, -0.2) is 61.9 Å². The Kier molecular flexibility index (Phi) is 7.51. The van der Waals surface area contributed by atoms with Crippen LogP contribution in [0.5, 0.6) is 5.88 Å². The van der Waals surface area contributed by atoms with Crippen LogP contribution in [0.4, 0.5) is 17.2 Å². The number of benzene rings is 2. The summed E-state index contributed by atoms with van der Waals surface area (Å²) in [5, 5.41) is 11.9. The van der Waals surface area contributed by atoms with E-state index in [2.05, 4.69) is 4.98 Å². The summed E-state index contributed by atoms with van der Waals surface area (Å²) in [6.07, 6.45) is 0. The van der Waals surface area contributed by atoms with Gasteiger partial charge in [0, 0.05) is 31.3 Å². The van der Waals surface area contributed by atoms with Gasteiger partial charge in [-0.15, -0.1) is 0 Å². The Labute approximate surface area is 188 Å². The maximum absolute atomic E-state index is 11.9. The number of nitro groups is 1. The number of anilines is 1. The van der Waals surface area contributed by atoms with E-state index in [0.29, 0.717) is 17.9 Å². The maximum atomic E-state index is 11.9. The number of methoxy groups -OCH3 is 1. The number of aromatic nitrogens is 1. The van der Waals surface area contributed by atoms with Gasteiger partial charge in [0.2, 0.25) is 11.7 Å². The molecule has 3 rings (SSSR count). The second-order valence-electron chi connectivity index (χ2n) is 7.53. The molecule has 8 heteroatoms. The molecule has 0 saturated carbocycles. The van der Waals surface area contributed by atoms with Crippen LogP contribution in [0.25, 0.3) is 0 Å². The van der Waals surface area contributed by atoms with Crippen molar-refractivity contribution in [3.63, 3.8) is 0 Å². The Morgan fingerprint density at radius 1 is 1.00 bits per heavy atom. The van der Waals surface area contributed by atoms with Crippen LogP contribution in [0, 0.1) is 10.1 Å². The quantitative estimate of drug-likeness (QED) is 0.286. The molecule has 0 N–H and O–H groups in total. The summed E-state index contributed by atoms with van der Waals surface area (Å²) in [5.74, 6) is 0.472. The van der Waals surface area contributed by atoms with Crippen molar-refractivity contribution in [2.45, 2.75) is 0 Å². The van der Waals surface area contributed by atoms with Crippen LogP contribution in [0.1, 0.15) is 11.1 Å². The molecule has 0 aliphatic rings. The van der Waals surface area contributed by atoms with Crippen LogP contribution in [0.3, 0.4) is 0 Å². The number of pyridine rings is 1. The maximum Gasteiger partial charge on any atom is 0.314 e. The molecule has 3 aromatic rings. The zero-order chi connectivity index (χ0) is 23.1. The molecule has 166 valence electrons. The normalized spacial score (nSPS) is 10.7. The summed E-state index contributed by atoms with van der Waals surface area (Å²) in [6, 6.07) is 20.8. The van der Waals surface area contributed by atoms with Crippen molar-refractivity contribution < 1.29 is 9.66 Å². The van der Waals surface area contributed by atoms with Crippen LogP contribution in [-0.2, 0) is 0 Å². The fourth-order valence-corrected chi connectivity index (χ4v) is 3.18. The third-order valence-electron chi connectivity index (χ3n) is 4.89. The monoisotopic (exact) mass is 433 g/mol. The average Bonchev–Trinajstić information content (AvgIpc) is 2.81.